The molecule has 0 saturated carbocycles. The molecule has 21 heavy (non-hydrogen) atoms. The molecule has 2 heterocycles. The molecule has 0 bridgehead atoms. The number of thiophene rings is 1. The second-order valence-corrected chi connectivity index (χ2v) is 7.01. The summed E-state index contributed by atoms with van der Waals surface area (Å²) < 4.78 is 0. The highest BCUT2D eigenvalue weighted by Gasteiger charge is 2.34. The molecule has 2 amide bonds. The van der Waals surface area contributed by atoms with Crippen molar-refractivity contribution in [1.82, 2.24) is 4.90 Å². The minimum absolute atomic E-state index is 0.205. The number of rotatable bonds is 3. The molecule has 3 nitrogen and oxygen atoms in total. The zero-order valence-corrected chi connectivity index (χ0v) is 13.0. The van der Waals surface area contributed by atoms with Gasteiger partial charge >= 0.3 is 0 Å². The van der Waals surface area contributed by atoms with E-state index in [0.717, 1.165) is 22.2 Å². The Balaban J connectivity index is 1.81. The van der Waals surface area contributed by atoms with Crippen LogP contribution in [-0.4, -0.2) is 16.0 Å². The van der Waals surface area contributed by atoms with E-state index < -0.39 is 0 Å². The first-order valence-electron chi connectivity index (χ1n) is 6.49. The predicted molar refractivity (Wildman–Crippen MR) is 87.0 cm³/mol. The molecule has 106 valence electrons. The van der Waals surface area contributed by atoms with Crippen LogP contribution in [0.4, 0.5) is 4.79 Å². The minimum atomic E-state index is -0.208. The Morgan fingerprint density at radius 2 is 1.86 bits per heavy atom. The van der Waals surface area contributed by atoms with E-state index >= 15 is 0 Å². The van der Waals surface area contributed by atoms with Crippen molar-refractivity contribution in [2.45, 2.75) is 13.5 Å². The van der Waals surface area contributed by atoms with Crippen molar-refractivity contribution >= 4 is 40.3 Å². The number of aryl methyl sites for hydroxylation is 1. The van der Waals surface area contributed by atoms with Gasteiger partial charge in [0.25, 0.3) is 11.1 Å². The van der Waals surface area contributed by atoms with Gasteiger partial charge in [0, 0.05) is 9.75 Å². The summed E-state index contributed by atoms with van der Waals surface area (Å²) in [5.41, 5.74) is 0.952. The summed E-state index contributed by atoms with van der Waals surface area (Å²) in [5, 5.41) is -0.205. The summed E-state index contributed by atoms with van der Waals surface area (Å²) >= 11 is 2.62. The number of benzene rings is 1. The van der Waals surface area contributed by atoms with Crippen molar-refractivity contribution < 1.29 is 9.59 Å². The molecule has 3 rings (SSSR count). The average Bonchev–Trinajstić information content (AvgIpc) is 2.99. The molecule has 1 aliphatic heterocycles. The average molecular weight is 315 g/mol. The standard InChI is InChI=1S/C16H13NO2S2/c1-11-7-8-13(20-11)9-14-15(18)17(16(19)21-14)10-12-5-3-2-4-6-12/h2-9H,10H2,1H3/b14-9-. The number of thioether (sulfide) groups is 1. The van der Waals surface area contributed by atoms with E-state index in [0.29, 0.717) is 11.4 Å². The van der Waals surface area contributed by atoms with Crippen LogP contribution >= 0.6 is 23.1 Å². The van der Waals surface area contributed by atoms with E-state index in [-0.39, 0.29) is 11.1 Å². The first-order valence-corrected chi connectivity index (χ1v) is 8.12. The Hall–Kier alpha value is -1.85. The number of amides is 2. The first kappa shape index (κ1) is 14.1. The van der Waals surface area contributed by atoms with Crippen LogP contribution in [-0.2, 0) is 11.3 Å². The normalized spacial score (nSPS) is 17.0. The van der Waals surface area contributed by atoms with Gasteiger partial charge in [0.2, 0.25) is 0 Å². The lowest BCUT2D eigenvalue weighted by atomic mass is 10.2. The molecule has 0 spiro atoms. The van der Waals surface area contributed by atoms with Gasteiger partial charge in [-0.3, -0.25) is 14.5 Å². The Morgan fingerprint density at radius 1 is 1.10 bits per heavy atom. The third kappa shape index (κ3) is 3.09. The molecule has 1 aliphatic rings. The van der Waals surface area contributed by atoms with E-state index in [9.17, 15) is 9.59 Å². The lowest BCUT2D eigenvalue weighted by molar-refractivity contribution is -0.123. The Bertz CT molecular complexity index is 719. The van der Waals surface area contributed by atoms with Gasteiger partial charge in [-0.1, -0.05) is 30.3 Å². The molecule has 1 aromatic heterocycles. The second-order valence-electron chi connectivity index (χ2n) is 4.70. The summed E-state index contributed by atoms with van der Waals surface area (Å²) in [6, 6.07) is 13.5. The van der Waals surface area contributed by atoms with Gasteiger partial charge < -0.3 is 0 Å². The van der Waals surface area contributed by atoms with Gasteiger partial charge in [0.1, 0.15) is 0 Å². The van der Waals surface area contributed by atoms with Crippen molar-refractivity contribution in [2.24, 2.45) is 0 Å². The smallest absolute Gasteiger partial charge is 0.268 e. The molecule has 0 atom stereocenters. The molecule has 2 aromatic rings. The number of imide groups is 1. The predicted octanol–water partition coefficient (Wildman–Crippen LogP) is 4.29. The molecule has 0 aliphatic carbocycles. The molecular formula is C16H13NO2S2. The van der Waals surface area contributed by atoms with Crippen molar-refractivity contribution in [3.8, 4) is 0 Å². The largest absolute Gasteiger partial charge is 0.293 e. The maximum Gasteiger partial charge on any atom is 0.293 e. The fraction of sp³-hybridized carbons (Fsp3) is 0.125. The monoisotopic (exact) mass is 315 g/mol. The Labute approximate surface area is 131 Å². The quantitative estimate of drug-likeness (QED) is 0.793. The van der Waals surface area contributed by atoms with Crippen LogP contribution in [0.25, 0.3) is 6.08 Å². The minimum Gasteiger partial charge on any atom is -0.268 e. The first-order chi connectivity index (χ1) is 10.1. The van der Waals surface area contributed by atoms with Crippen LogP contribution in [0.15, 0.2) is 47.4 Å². The van der Waals surface area contributed by atoms with Crippen molar-refractivity contribution in [3.63, 3.8) is 0 Å². The van der Waals surface area contributed by atoms with Crippen molar-refractivity contribution in [2.75, 3.05) is 0 Å². The van der Waals surface area contributed by atoms with Crippen molar-refractivity contribution in [1.29, 1.82) is 0 Å². The lowest BCUT2D eigenvalue weighted by Crippen LogP contribution is -2.27. The maximum atomic E-state index is 12.4. The molecule has 5 heteroatoms. The van der Waals surface area contributed by atoms with E-state index in [1.165, 1.54) is 9.78 Å². The third-order valence-corrected chi connectivity index (χ3v) is 4.95. The molecule has 1 saturated heterocycles. The van der Waals surface area contributed by atoms with Gasteiger partial charge in [0.15, 0.2) is 0 Å². The van der Waals surface area contributed by atoms with Gasteiger partial charge in [-0.2, -0.15) is 0 Å². The van der Waals surface area contributed by atoms with Crippen LogP contribution in [0.2, 0.25) is 0 Å². The zero-order chi connectivity index (χ0) is 14.8. The van der Waals surface area contributed by atoms with E-state index in [1.54, 1.807) is 17.4 Å². The number of carbonyl (C=O) groups is 2. The highest BCUT2D eigenvalue weighted by molar-refractivity contribution is 8.18. The highest BCUT2D eigenvalue weighted by atomic mass is 32.2. The highest BCUT2D eigenvalue weighted by Crippen LogP contribution is 2.34. The molecule has 0 unspecified atom stereocenters. The van der Waals surface area contributed by atoms with Gasteiger partial charge in [-0.25, -0.2) is 0 Å². The number of carbonyl (C=O) groups excluding carboxylic acids is 2. The second kappa shape index (κ2) is 5.87. The number of hydrogen-bond acceptors (Lipinski definition) is 4. The summed E-state index contributed by atoms with van der Waals surface area (Å²) in [5.74, 6) is -0.208. The summed E-state index contributed by atoms with van der Waals surface area (Å²) in [4.78, 5) is 28.4. The van der Waals surface area contributed by atoms with Gasteiger partial charge in [0.05, 0.1) is 11.4 Å². The molecule has 0 radical (unpaired) electrons. The van der Waals surface area contributed by atoms with Gasteiger partial charge in [-0.15, -0.1) is 11.3 Å². The van der Waals surface area contributed by atoms with E-state index in [2.05, 4.69) is 0 Å². The molecule has 0 N–H and O–H groups in total. The summed E-state index contributed by atoms with van der Waals surface area (Å²) in [7, 11) is 0. The van der Waals surface area contributed by atoms with Crippen molar-refractivity contribution in [3.05, 3.63) is 62.7 Å². The number of nitrogens with zero attached hydrogens (tertiary/aromatic N) is 1. The van der Waals surface area contributed by atoms with E-state index in [4.69, 9.17) is 0 Å². The summed E-state index contributed by atoms with van der Waals surface area (Å²) in [6.07, 6.45) is 1.80. The van der Waals surface area contributed by atoms with Crippen LogP contribution in [0.3, 0.4) is 0 Å². The maximum absolute atomic E-state index is 12.4. The van der Waals surface area contributed by atoms with Crippen LogP contribution in [0, 0.1) is 6.92 Å². The Kier molecular flexibility index (Phi) is 3.94. The number of hydrogen-bond donors (Lipinski definition) is 0. The third-order valence-electron chi connectivity index (χ3n) is 3.09. The van der Waals surface area contributed by atoms with Crippen LogP contribution in [0.5, 0.6) is 0 Å². The molecular weight excluding hydrogens is 302 g/mol. The summed E-state index contributed by atoms with van der Waals surface area (Å²) in [6.45, 7) is 2.34. The van der Waals surface area contributed by atoms with Gasteiger partial charge in [-0.05, 0) is 42.5 Å². The molecule has 1 fully saturated rings. The van der Waals surface area contributed by atoms with Crippen LogP contribution in [0.1, 0.15) is 15.3 Å². The fourth-order valence-electron chi connectivity index (χ4n) is 2.06. The fourth-order valence-corrected chi connectivity index (χ4v) is 3.79. The van der Waals surface area contributed by atoms with Crippen LogP contribution < -0.4 is 0 Å². The SMILES string of the molecule is Cc1ccc(/C=C2\SC(=O)N(Cc3ccccc3)C2=O)s1. The lowest BCUT2D eigenvalue weighted by Gasteiger charge is -2.11. The van der Waals surface area contributed by atoms with E-state index in [1.807, 2.05) is 49.4 Å². The Morgan fingerprint density at radius 3 is 2.52 bits per heavy atom. The zero-order valence-electron chi connectivity index (χ0n) is 11.4. The topological polar surface area (TPSA) is 37.4 Å². The molecule has 1 aromatic carbocycles.